The second-order valence-corrected chi connectivity index (χ2v) is 8.08. The van der Waals surface area contributed by atoms with Crippen LogP contribution in [-0.4, -0.2) is 34.8 Å². The summed E-state index contributed by atoms with van der Waals surface area (Å²) in [6.07, 6.45) is 3.57. The van der Waals surface area contributed by atoms with Crippen LogP contribution in [-0.2, 0) is 22.8 Å². The first kappa shape index (κ1) is 18.2. The van der Waals surface area contributed by atoms with Gasteiger partial charge < -0.3 is 14.4 Å². The molecular formula is C20H28FNO3. The van der Waals surface area contributed by atoms with Gasteiger partial charge >= 0.3 is 6.09 Å². The zero-order valence-corrected chi connectivity index (χ0v) is 15.3. The van der Waals surface area contributed by atoms with Gasteiger partial charge in [0.25, 0.3) is 0 Å². The highest BCUT2D eigenvalue weighted by Crippen LogP contribution is 2.38. The van der Waals surface area contributed by atoms with Crippen LogP contribution in [0.3, 0.4) is 0 Å². The van der Waals surface area contributed by atoms with Crippen LogP contribution in [0.4, 0.5) is 9.18 Å². The summed E-state index contributed by atoms with van der Waals surface area (Å²) in [4.78, 5) is 14.4. The Kier molecular flexibility index (Phi) is 5.32. The lowest BCUT2D eigenvalue weighted by Crippen LogP contribution is -2.50. The molecule has 0 aliphatic carbocycles. The Morgan fingerprint density at radius 1 is 1.16 bits per heavy atom. The Hall–Kier alpha value is -1.62. The van der Waals surface area contributed by atoms with Crippen molar-refractivity contribution in [2.24, 2.45) is 0 Å². The summed E-state index contributed by atoms with van der Waals surface area (Å²) >= 11 is 0. The molecule has 25 heavy (non-hydrogen) atoms. The van der Waals surface area contributed by atoms with Crippen molar-refractivity contribution in [3.8, 4) is 0 Å². The summed E-state index contributed by atoms with van der Waals surface area (Å²) in [6, 6.07) is 7.85. The molecular weight excluding hydrogens is 321 g/mol. The number of rotatable bonds is 4. The van der Waals surface area contributed by atoms with Gasteiger partial charge in [-0.25, -0.2) is 9.18 Å². The quantitative estimate of drug-likeness (QED) is 0.797. The van der Waals surface area contributed by atoms with E-state index in [-0.39, 0.29) is 24.3 Å². The first-order chi connectivity index (χ1) is 11.9. The molecule has 1 amide bonds. The van der Waals surface area contributed by atoms with Gasteiger partial charge in [-0.1, -0.05) is 24.3 Å². The van der Waals surface area contributed by atoms with Gasteiger partial charge in [0.05, 0.1) is 12.7 Å². The number of amides is 1. The Balaban J connectivity index is 1.58. The molecule has 2 fully saturated rings. The summed E-state index contributed by atoms with van der Waals surface area (Å²) < 4.78 is 24.7. The number of hydrogen-bond acceptors (Lipinski definition) is 3. The van der Waals surface area contributed by atoms with E-state index in [9.17, 15) is 9.18 Å². The molecule has 2 atom stereocenters. The first-order valence-electron chi connectivity index (χ1n) is 9.13. The van der Waals surface area contributed by atoms with E-state index in [0.717, 1.165) is 31.2 Å². The van der Waals surface area contributed by atoms with Crippen LogP contribution >= 0.6 is 0 Å². The molecule has 138 valence electrons. The van der Waals surface area contributed by atoms with Crippen LogP contribution < -0.4 is 0 Å². The molecule has 0 spiro atoms. The Morgan fingerprint density at radius 3 is 2.32 bits per heavy atom. The number of fused-ring (bicyclic) bond motifs is 2. The van der Waals surface area contributed by atoms with Crippen LogP contribution in [0, 0.1) is 0 Å². The predicted molar refractivity (Wildman–Crippen MR) is 93.9 cm³/mol. The minimum Gasteiger partial charge on any atom is -0.444 e. The maximum absolute atomic E-state index is 13.0. The monoisotopic (exact) mass is 349 g/mol. The number of carbonyl (C=O) groups excluding carboxylic acids is 1. The number of benzene rings is 1. The minimum absolute atomic E-state index is 0.115. The second kappa shape index (κ2) is 7.32. The van der Waals surface area contributed by atoms with Crippen molar-refractivity contribution in [1.82, 2.24) is 4.90 Å². The van der Waals surface area contributed by atoms with Crippen molar-refractivity contribution in [2.45, 2.75) is 83.5 Å². The van der Waals surface area contributed by atoms with Crippen molar-refractivity contribution in [1.29, 1.82) is 0 Å². The lowest BCUT2D eigenvalue weighted by molar-refractivity contribution is -0.0398. The van der Waals surface area contributed by atoms with Crippen molar-refractivity contribution in [2.75, 3.05) is 0 Å². The fraction of sp³-hybridized carbons (Fsp3) is 0.650. The molecule has 1 aromatic rings. The molecule has 0 aromatic heterocycles. The molecule has 4 nitrogen and oxygen atoms in total. The highest BCUT2D eigenvalue weighted by molar-refractivity contribution is 5.69. The molecule has 0 saturated carbocycles. The average molecular weight is 349 g/mol. The number of nitrogens with zero attached hydrogens (tertiary/aromatic N) is 1. The van der Waals surface area contributed by atoms with E-state index in [1.54, 1.807) is 6.07 Å². The molecule has 2 aliphatic rings. The van der Waals surface area contributed by atoms with Crippen LogP contribution in [0.2, 0.25) is 0 Å². The van der Waals surface area contributed by atoms with Crippen LogP contribution in [0.25, 0.3) is 0 Å². The fourth-order valence-corrected chi connectivity index (χ4v) is 3.91. The van der Waals surface area contributed by atoms with Gasteiger partial charge in [0.2, 0.25) is 0 Å². The van der Waals surface area contributed by atoms with Crippen molar-refractivity contribution >= 4 is 6.09 Å². The minimum atomic E-state index is -0.472. The largest absolute Gasteiger partial charge is 0.444 e. The number of carbonyl (C=O) groups is 1. The number of halogens is 1. The lowest BCUT2D eigenvalue weighted by atomic mass is 10.00. The van der Waals surface area contributed by atoms with E-state index in [1.807, 2.05) is 43.9 Å². The van der Waals surface area contributed by atoms with Gasteiger partial charge in [-0.15, -0.1) is 0 Å². The summed E-state index contributed by atoms with van der Waals surface area (Å²) in [6.45, 7) is 5.64. The van der Waals surface area contributed by atoms with Gasteiger partial charge in [0, 0.05) is 12.1 Å². The number of hydrogen-bond donors (Lipinski definition) is 0. The first-order valence-corrected chi connectivity index (χ1v) is 9.13. The van der Waals surface area contributed by atoms with E-state index in [0.29, 0.717) is 12.2 Å². The van der Waals surface area contributed by atoms with Gasteiger partial charge in [0.1, 0.15) is 12.3 Å². The van der Waals surface area contributed by atoms with Gasteiger partial charge in [-0.2, -0.15) is 0 Å². The highest BCUT2D eigenvalue weighted by atomic mass is 19.1. The van der Waals surface area contributed by atoms with Gasteiger partial charge in [0.15, 0.2) is 0 Å². The number of alkyl halides is 1. The fourth-order valence-electron chi connectivity index (χ4n) is 3.91. The SMILES string of the molecule is CC(C)(C)OC(=O)N1C2CCC1CC(OCc1ccccc1CF)C2. The van der Waals surface area contributed by atoms with Crippen LogP contribution in [0.5, 0.6) is 0 Å². The van der Waals surface area contributed by atoms with E-state index in [2.05, 4.69) is 0 Å². The summed E-state index contributed by atoms with van der Waals surface area (Å²) in [5.41, 5.74) is 1.13. The Labute approximate surface area is 149 Å². The second-order valence-electron chi connectivity index (χ2n) is 8.08. The van der Waals surface area contributed by atoms with Crippen molar-refractivity contribution < 1.29 is 18.7 Å². The topological polar surface area (TPSA) is 38.8 Å². The molecule has 1 aromatic carbocycles. The lowest BCUT2D eigenvalue weighted by Gasteiger charge is -2.39. The summed E-state index contributed by atoms with van der Waals surface area (Å²) in [7, 11) is 0. The average Bonchev–Trinajstić information content (AvgIpc) is 2.83. The number of piperidine rings is 1. The van der Waals surface area contributed by atoms with Crippen LogP contribution in [0.15, 0.2) is 24.3 Å². The third kappa shape index (κ3) is 4.32. The number of ether oxygens (including phenoxy) is 2. The highest BCUT2D eigenvalue weighted by Gasteiger charge is 2.45. The Morgan fingerprint density at radius 2 is 1.76 bits per heavy atom. The molecule has 0 N–H and O–H groups in total. The molecule has 2 unspecified atom stereocenters. The zero-order valence-electron chi connectivity index (χ0n) is 15.3. The standard InChI is InChI=1S/C20H28FNO3/c1-20(2,3)25-19(23)22-16-8-9-17(22)11-18(10-16)24-13-15-7-5-4-6-14(15)12-21/h4-7,16-18H,8-13H2,1-3H3. The molecule has 2 bridgehead atoms. The molecule has 0 radical (unpaired) electrons. The van der Waals surface area contributed by atoms with E-state index >= 15 is 0 Å². The summed E-state index contributed by atoms with van der Waals surface area (Å²) in [5.74, 6) is 0. The predicted octanol–water partition coefficient (Wildman–Crippen LogP) is 4.60. The normalized spacial score (nSPS) is 25.9. The van der Waals surface area contributed by atoms with E-state index in [1.165, 1.54) is 0 Å². The Bertz CT molecular complexity index is 599. The van der Waals surface area contributed by atoms with Gasteiger partial charge in [-0.05, 0) is 57.6 Å². The van der Waals surface area contributed by atoms with E-state index < -0.39 is 12.3 Å². The van der Waals surface area contributed by atoms with Crippen molar-refractivity contribution in [3.63, 3.8) is 0 Å². The zero-order chi connectivity index (χ0) is 18.0. The maximum Gasteiger partial charge on any atom is 0.410 e. The summed E-state index contributed by atoms with van der Waals surface area (Å²) in [5, 5.41) is 0. The molecule has 2 aliphatic heterocycles. The molecule has 3 rings (SSSR count). The molecule has 2 heterocycles. The third-order valence-corrected chi connectivity index (χ3v) is 5.03. The maximum atomic E-state index is 13.0. The molecule has 5 heteroatoms. The smallest absolute Gasteiger partial charge is 0.410 e. The van der Waals surface area contributed by atoms with E-state index in [4.69, 9.17) is 9.47 Å². The van der Waals surface area contributed by atoms with Crippen LogP contribution in [0.1, 0.15) is 57.6 Å². The van der Waals surface area contributed by atoms with Crippen molar-refractivity contribution in [3.05, 3.63) is 35.4 Å². The molecule has 2 saturated heterocycles. The third-order valence-electron chi connectivity index (χ3n) is 5.03. The van der Waals surface area contributed by atoms with Gasteiger partial charge in [-0.3, -0.25) is 0 Å².